The van der Waals surface area contributed by atoms with Gasteiger partial charge in [0.25, 0.3) is 5.56 Å². The zero-order valence-corrected chi connectivity index (χ0v) is 19.5. The lowest BCUT2D eigenvalue weighted by Crippen LogP contribution is -2.35. The third-order valence-electron chi connectivity index (χ3n) is 5.98. The Morgan fingerprint density at radius 1 is 1.18 bits per heavy atom. The number of ether oxygens (including phenoxy) is 1. The summed E-state index contributed by atoms with van der Waals surface area (Å²) in [5.41, 5.74) is 0.634. The van der Waals surface area contributed by atoms with Crippen molar-refractivity contribution in [3.05, 3.63) is 69.4 Å². The lowest BCUT2D eigenvalue weighted by atomic mass is 9.82. The average molecular weight is 487 g/mol. The maximum absolute atomic E-state index is 13.5. The number of hydrogen-bond donors (Lipinski definition) is 1. The van der Waals surface area contributed by atoms with Gasteiger partial charge in [-0.15, -0.1) is 0 Å². The first-order chi connectivity index (χ1) is 15.5. The summed E-state index contributed by atoms with van der Waals surface area (Å²) in [7, 11) is -3.55. The number of nitrogens with zero attached hydrogens (tertiary/aromatic N) is 1. The van der Waals surface area contributed by atoms with Gasteiger partial charge in [-0.05, 0) is 67.9 Å². The Morgan fingerprint density at radius 3 is 2.48 bits per heavy atom. The molecule has 1 fully saturated rings. The van der Waals surface area contributed by atoms with E-state index in [1.807, 2.05) is 6.07 Å². The molecule has 0 radical (unpaired) electrons. The summed E-state index contributed by atoms with van der Waals surface area (Å²) in [6, 6.07) is 8.06. The smallest absolute Gasteiger partial charge is 0.321 e. The van der Waals surface area contributed by atoms with Gasteiger partial charge in [0.15, 0.2) is 0 Å². The highest BCUT2D eigenvalue weighted by Crippen LogP contribution is 2.34. The fourth-order valence-corrected chi connectivity index (χ4v) is 4.80. The van der Waals surface area contributed by atoms with Crippen LogP contribution in [0.4, 0.5) is 13.2 Å². The Hall–Kier alpha value is -2.17. The van der Waals surface area contributed by atoms with Crippen molar-refractivity contribution in [2.75, 3.05) is 19.4 Å². The highest BCUT2D eigenvalue weighted by atomic mass is 32.2. The van der Waals surface area contributed by atoms with E-state index in [0.29, 0.717) is 10.1 Å². The molecule has 0 spiro atoms. The van der Waals surface area contributed by atoms with Crippen LogP contribution in [0.5, 0.6) is 0 Å². The van der Waals surface area contributed by atoms with Gasteiger partial charge in [0, 0.05) is 24.2 Å². The monoisotopic (exact) mass is 486 g/mol. The van der Waals surface area contributed by atoms with Crippen LogP contribution in [0.3, 0.4) is 0 Å². The molecule has 1 aromatic carbocycles. The standard InChI is InChI=1S/C23H29F3N2O4S/c1-15-10-21(22(29)28(13-15)23(25)26)18(12-27-33(2,30)31)14-32-20-8-6-16(7-9-20)17-4-3-5-19(24)11-17/h3-5,10-11,13,16,18,20,23,27H,6-9,12,14H2,1-2H3/t16-,18-,20+/m1/s1. The molecule has 1 atom stereocenters. The fraction of sp³-hybridized carbons (Fsp3) is 0.522. The Balaban J connectivity index is 1.70. The lowest BCUT2D eigenvalue weighted by Gasteiger charge is -2.30. The molecule has 0 bridgehead atoms. The first-order valence-corrected chi connectivity index (χ1v) is 12.7. The number of rotatable bonds is 9. The number of halogens is 3. The van der Waals surface area contributed by atoms with Crippen LogP contribution in [0.25, 0.3) is 0 Å². The molecule has 6 nitrogen and oxygen atoms in total. The zero-order chi connectivity index (χ0) is 24.2. The molecule has 1 N–H and O–H groups in total. The van der Waals surface area contributed by atoms with Crippen molar-refractivity contribution in [1.82, 2.24) is 9.29 Å². The zero-order valence-electron chi connectivity index (χ0n) is 18.6. The number of sulfonamides is 1. The second kappa shape index (κ2) is 10.8. The van der Waals surface area contributed by atoms with E-state index in [2.05, 4.69) is 4.72 Å². The molecule has 1 aliphatic rings. The number of hydrogen-bond acceptors (Lipinski definition) is 4. The van der Waals surface area contributed by atoms with Gasteiger partial charge in [0.2, 0.25) is 10.0 Å². The van der Waals surface area contributed by atoms with Crippen molar-refractivity contribution in [2.24, 2.45) is 0 Å². The summed E-state index contributed by atoms with van der Waals surface area (Å²) in [4.78, 5) is 12.6. The van der Waals surface area contributed by atoms with Crippen LogP contribution in [0.1, 0.15) is 60.8 Å². The molecule has 1 aliphatic carbocycles. The number of aromatic nitrogens is 1. The van der Waals surface area contributed by atoms with E-state index in [9.17, 15) is 26.4 Å². The summed E-state index contributed by atoms with van der Waals surface area (Å²) in [6.07, 6.45) is 5.02. The Labute approximate surface area is 191 Å². The van der Waals surface area contributed by atoms with E-state index in [1.165, 1.54) is 12.1 Å². The van der Waals surface area contributed by atoms with Crippen molar-refractivity contribution in [3.63, 3.8) is 0 Å². The van der Waals surface area contributed by atoms with E-state index < -0.39 is 28.0 Å². The second-order valence-corrected chi connectivity index (χ2v) is 10.5. The van der Waals surface area contributed by atoms with Crippen LogP contribution in [0.2, 0.25) is 0 Å². The minimum Gasteiger partial charge on any atom is -0.378 e. The van der Waals surface area contributed by atoms with Crippen molar-refractivity contribution in [3.8, 4) is 0 Å². The third-order valence-corrected chi connectivity index (χ3v) is 6.67. The number of benzene rings is 1. The van der Waals surface area contributed by atoms with Gasteiger partial charge >= 0.3 is 6.55 Å². The van der Waals surface area contributed by atoms with Gasteiger partial charge < -0.3 is 4.74 Å². The van der Waals surface area contributed by atoms with Gasteiger partial charge in [0.1, 0.15) is 5.82 Å². The van der Waals surface area contributed by atoms with Crippen LogP contribution in [0.15, 0.2) is 41.3 Å². The number of pyridine rings is 1. The van der Waals surface area contributed by atoms with Crippen molar-refractivity contribution in [2.45, 2.75) is 57.1 Å². The van der Waals surface area contributed by atoms with Gasteiger partial charge in [0.05, 0.1) is 19.0 Å². The molecule has 182 valence electrons. The maximum atomic E-state index is 13.5. The largest absolute Gasteiger partial charge is 0.378 e. The van der Waals surface area contributed by atoms with E-state index >= 15 is 0 Å². The van der Waals surface area contributed by atoms with Crippen LogP contribution in [-0.4, -0.2) is 38.5 Å². The molecule has 1 aromatic heterocycles. The highest BCUT2D eigenvalue weighted by Gasteiger charge is 2.26. The first-order valence-electron chi connectivity index (χ1n) is 10.9. The molecule has 0 aliphatic heterocycles. The molecule has 33 heavy (non-hydrogen) atoms. The van der Waals surface area contributed by atoms with E-state index in [4.69, 9.17) is 4.74 Å². The first kappa shape index (κ1) is 25.5. The fourth-order valence-electron chi connectivity index (χ4n) is 4.30. The second-order valence-electron chi connectivity index (χ2n) is 8.64. The van der Waals surface area contributed by atoms with Crippen molar-refractivity contribution >= 4 is 10.0 Å². The lowest BCUT2D eigenvalue weighted by molar-refractivity contribution is 0.0164. The van der Waals surface area contributed by atoms with Crippen LogP contribution in [-0.2, 0) is 14.8 Å². The maximum Gasteiger partial charge on any atom is 0.321 e. The Bertz CT molecular complexity index is 1110. The Morgan fingerprint density at radius 2 is 1.88 bits per heavy atom. The van der Waals surface area contributed by atoms with Gasteiger partial charge in [-0.25, -0.2) is 17.5 Å². The molecule has 0 unspecified atom stereocenters. The molecule has 10 heteroatoms. The summed E-state index contributed by atoms with van der Waals surface area (Å²) >= 11 is 0. The van der Waals surface area contributed by atoms with Crippen LogP contribution < -0.4 is 10.3 Å². The predicted octanol–water partition coefficient (Wildman–Crippen LogP) is 4.07. The molecule has 1 saturated carbocycles. The van der Waals surface area contributed by atoms with Gasteiger partial charge in [-0.1, -0.05) is 12.1 Å². The van der Waals surface area contributed by atoms with E-state index in [1.54, 1.807) is 19.1 Å². The SMILES string of the molecule is Cc1cc([C@H](CNS(C)(=O)=O)CO[C@H]2CC[C@@H](c3cccc(F)c3)CC2)c(=O)n(C(F)F)c1. The highest BCUT2D eigenvalue weighted by molar-refractivity contribution is 7.88. The molecular formula is C23H29F3N2O4S. The van der Waals surface area contributed by atoms with Crippen LogP contribution >= 0.6 is 0 Å². The number of alkyl halides is 2. The summed E-state index contributed by atoms with van der Waals surface area (Å²) in [5.74, 6) is -0.754. The summed E-state index contributed by atoms with van der Waals surface area (Å²) in [6.45, 7) is -1.53. The Kier molecular flexibility index (Phi) is 8.36. The van der Waals surface area contributed by atoms with Crippen LogP contribution in [0, 0.1) is 12.7 Å². The molecule has 2 aromatic rings. The third kappa shape index (κ3) is 7.15. The number of aryl methyl sites for hydroxylation is 1. The van der Waals surface area contributed by atoms with Crippen molar-refractivity contribution < 1.29 is 26.3 Å². The normalized spacial score (nSPS) is 20.2. The molecular weight excluding hydrogens is 457 g/mol. The minimum absolute atomic E-state index is 0.0136. The molecule has 0 amide bonds. The summed E-state index contributed by atoms with van der Waals surface area (Å²) in [5, 5.41) is 0. The molecule has 3 rings (SSSR count). The average Bonchev–Trinajstić information content (AvgIpc) is 2.75. The van der Waals surface area contributed by atoms with Gasteiger partial charge in [-0.2, -0.15) is 8.78 Å². The number of nitrogens with one attached hydrogen (secondary N) is 1. The quantitative estimate of drug-likeness (QED) is 0.580. The summed E-state index contributed by atoms with van der Waals surface area (Å²) < 4.78 is 72.1. The van der Waals surface area contributed by atoms with E-state index in [-0.39, 0.29) is 36.6 Å². The van der Waals surface area contributed by atoms with Crippen molar-refractivity contribution in [1.29, 1.82) is 0 Å². The molecule has 0 saturated heterocycles. The van der Waals surface area contributed by atoms with Gasteiger partial charge in [-0.3, -0.25) is 9.36 Å². The van der Waals surface area contributed by atoms with E-state index in [0.717, 1.165) is 43.7 Å². The minimum atomic E-state index is -3.55. The topological polar surface area (TPSA) is 77.4 Å². The predicted molar refractivity (Wildman–Crippen MR) is 120 cm³/mol. The molecule has 1 heterocycles.